The summed E-state index contributed by atoms with van der Waals surface area (Å²) in [5.41, 5.74) is 3.91. The van der Waals surface area contributed by atoms with Gasteiger partial charge in [0.2, 0.25) is 10.0 Å². The van der Waals surface area contributed by atoms with Crippen LogP contribution in [0.3, 0.4) is 0 Å². The van der Waals surface area contributed by atoms with Gasteiger partial charge in [-0.05, 0) is 57.9 Å². The third-order valence-corrected chi connectivity index (χ3v) is 6.80. The van der Waals surface area contributed by atoms with Crippen molar-refractivity contribution in [2.45, 2.75) is 58.0 Å². The van der Waals surface area contributed by atoms with Crippen LogP contribution in [-0.4, -0.2) is 36.2 Å². The molecule has 2 aromatic rings. The highest BCUT2D eigenvalue weighted by Gasteiger charge is 2.33. The maximum absolute atomic E-state index is 13.3. The second-order valence-electron chi connectivity index (χ2n) is 7.88. The number of methoxy groups -OCH3 is 1. The smallest absolute Gasteiger partial charge is 0.247 e. The molecule has 2 heterocycles. The summed E-state index contributed by atoms with van der Waals surface area (Å²) in [4.78, 5) is 0.231. The lowest BCUT2D eigenvalue weighted by Gasteiger charge is -2.30. The van der Waals surface area contributed by atoms with E-state index in [-0.39, 0.29) is 10.4 Å². The fourth-order valence-corrected chi connectivity index (χ4v) is 4.99. The molecule has 6 nitrogen and oxygen atoms in total. The highest BCUT2D eigenvalue weighted by atomic mass is 32.2. The van der Waals surface area contributed by atoms with Crippen LogP contribution in [0.1, 0.15) is 43.2 Å². The van der Waals surface area contributed by atoms with Crippen LogP contribution >= 0.6 is 0 Å². The monoisotopic (exact) mass is 377 g/mol. The Hall–Kier alpha value is -1.86. The first kappa shape index (κ1) is 18.9. The lowest BCUT2D eigenvalue weighted by Crippen LogP contribution is -2.37. The number of sulfonamides is 1. The highest BCUT2D eigenvalue weighted by molar-refractivity contribution is 7.89. The zero-order valence-corrected chi connectivity index (χ0v) is 17.1. The second kappa shape index (κ2) is 6.39. The van der Waals surface area contributed by atoms with Crippen molar-refractivity contribution in [1.29, 1.82) is 0 Å². The minimum Gasteiger partial charge on any atom is -0.495 e. The summed E-state index contributed by atoms with van der Waals surface area (Å²) < 4.78 is 35.4. The fraction of sp³-hybridized carbons (Fsp3) is 0.526. The van der Waals surface area contributed by atoms with Gasteiger partial charge in [-0.1, -0.05) is 0 Å². The zero-order chi connectivity index (χ0) is 19.3. The molecule has 0 saturated carbocycles. The van der Waals surface area contributed by atoms with Crippen LogP contribution < -0.4 is 4.74 Å². The molecule has 0 radical (unpaired) electrons. The summed E-state index contributed by atoms with van der Waals surface area (Å²) >= 11 is 0. The third-order valence-electron chi connectivity index (χ3n) is 4.93. The maximum Gasteiger partial charge on any atom is 0.247 e. The average molecular weight is 378 g/mol. The van der Waals surface area contributed by atoms with Crippen LogP contribution in [0.2, 0.25) is 0 Å². The van der Waals surface area contributed by atoms with Crippen molar-refractivity contribution in [1.82, 2.24) is 14.1 Å². The quantitative estimate of drug-likeness (QED) is 0.825. The van der Waals surface area contributed by atoms with Gasteiger partial charge in [0.25, 0.3) is 0 Å². The number of rotatable bonds is 3. The first-order valence-corrected chi connectivity index (χ1v) is 10.2. The SMILES string of the molecule is COc1cc(C)c(C)cc1S(=O)(=O)N1CCc2c(cnn2C(C)(C)C)C1. The molecule has 0 saturated heterocycles. The van der Waals surface area contributed by atoms with Crippen LogP contribution in [0.15, 0.2) is 23.2 Å². The van der Waals surface area contributed by atoms with E-state index in [0.29, 0.717) is 25.3 Å². The molecular weight excluding hydrogens is 350 g/mol. The minimum atomic E-state index is -3.64. The van der Waals surface area contributed by atoms with Crippen LogP contribution in [0.25, 0.3) is 0 Å². The first-order chi connectivity index (χ1) is 12.1. The molecule has 1 aromatic carbocycles. The third kappa shape index (κ3) is 3.14. The number of benzene rings is 1. The Kier molecular flexibility index (Phi) is 4.65. The Bertz CT molecular complexity index is 940. The topological polar surface area (TPSA) is 64.4 Å². The van der Waals surface area contributed by atoms with Gasteiger partial charge in [-0.25, -0.2) is 8.42 Å². The Morgan fingerprint density at radius 3 is 2.42 bits per heavy atom. The molecule has 0 N–H and O–H groups in total. The molecule has 7 heteroatoms. The first-order valence-electron chi connectivity index (χ1n) is 8.77. The van der Waals surface area contributed by atoms with Crippen LogP contribution in [0, 0.1) is 13.8 Å². The van der Waals surface area contributed by atoms with Crippen molar-refractivity contribution >= 4 is 10.0 Å². The van der Waals surface area contributed by atoms with Gasteiger partial charge < -0.3 is 4.74 Å². The Labute approximate surface area is 155 Å². The van der Waals surface area contributed by atoms with E-state index >= 15 is 0 Å². The molecule has 0 aliphatic carbocycles. The number of hydrogen-bond acceptors (Lipinski definition) is 4. The van der Waals surface area contributed by atoms with Gasteiger partial charge in [0.1, 0.15) is 10.6 Å². The molecule has 0 atom stereocenters. The summed E-state index contributed by atoms with van der Waals surface area (Å²) in [5.74, 6) is 0.393. The minimum absolute atomic E-state index is 0.119. The van der Waals surface area contributed by atoms with E-state index in [1.807, 2.05) is 18.5 Å². The van der Waals surface area contributed by atoms with Crippen molar-refractivity contribution in [3.8, 4) is 5.75 Å². The van der Waals surface area contributed by atoms with Gasteiger partial charge in [-0.3, -0.25) is 4.68 Å². The predicted octanol–water partition coefficient (Wildman–Crippen LogP) is 3.01. The second-order valence-corrected chi connectivity index (χ2v) is 9.78. The van der Waals surface area contributed by atoms with Crippen LogP contribution in [0.5, 0.6) is 5.75 Å². The Morgan fingerprint density at radius 2 is 1.81 bits per heavy atom. The molecular formula is C19H27N3O3S. The number of nitrogens with zero attached hydrogens (tertiary/aromatic N) is 3. The van der Waals surface area contributed by atoms with Crippen LogP contribution in [-0.2, 0) is 28.5 Å². The van der Waals surface area contributed by atoms with Gasteiger partial charge in [0.15, 0.2) is 0 Å². The lowest BCUT2D eigenvalue weighted by atomic mass is 10.1. The molecule has 1 aliphatic heterocycles. The van der Waals surface area contributed by atoms with E-state index in [9.17, 15) is 8.42 Å². The number of aryl methyl sites for hydroxylation is 2. The van der Waals surface area contributed by atoms with Gasteiger partial charge >= 0.3 is 0 Å². The van der Waals surface area contributed by atoms with Gasteiger partial charge in [-0.2, -0.15) is 9.40 Å². The predicted molar refractivity (Wildman–Crippen MR) is 101 cm³/mol. The molecule has 0 bridgehead atoms. The number of fused-ring (bicyclic) bond motifs is 1. The van der Waals surface area contributed by atoms with E-state index in [1.165, 1.54) is 11.4 Å². The van der Waals surface area contributed by atoms with E-state index in [0.717, 1.165) is 22.4 Å². The zero-order valence-electron chi connectivity index (χ0n) is 16.3. The van der Waals surface area contributed by atoms with E-state index in [4.69, 9.17) is 4.74 Å². The van der Waals surface area contributed by atoms with Crippen molar-refractivity contribution in [3.63, 3.8) is 0 Å². The van der Waals surface area contributed by atoms with Crippen LogP contribution in [0.4, 0.5) is 0 Å². The normalized spacial score (nSPS) is 15.8. The molecule has 26 heavy (non-hydrogen) atoms. The summed E-state index contributed by atoms with van der Waals surface area (Å²) in [6.45, 7) is 10.9. The summed E-state index contributed by atoms with van der Waals surface area (Å²) in [5, 5.41) is 4.49. The molecule has 0 unspecified atom stereocenters. The van der Waals surface area contributed by atoms with Gasteiger partial charge in [-0.15, -0.1) is 0 Å². The number of ether oxygens (including phenoxy) is 1. The molecule has 3 rings (SSSR count). The molecule has 0 spiro atoms. The van der Waals surface area contributed by atoms with Crippen molar-refractivity contribution in [3.05, 3.63) is 40.7 Å². The van der Waals surface area contributed by atoms with Crippen molar-refractivity contribution in [2.75, 3.05) is 13.7 Å². The fourth-order valence-electron chi connectivity index (χ4n) is 3.35. The molecule has 0 amide bonds. The Balaban J connectivity index is 1.98. The van der Waals surface area contributed by atoms with Gasteiger partial charge in [0, 0.05) is 30.8 Å². The summed E-state index contributed by atoms with van der Waals surface area (Å²) in [6.07, 6.45) is 2.44. The van der Waals surface area contributed by atoms with E-state index < -0.39 is 10.0 Å². The Morgan fingerprint density at radius 1 is 1.15 bits per heavy atom. The molecule has 1 aromatic heterocycles. The molecule has 142 valence electrons. The summed E-state index contributed by atoms with van der Waals surface area (Å²) in [7, 11) is -2.14. The molecule has 0 fully saturated rings. The lowest BCUT2D eigenvalue weighted by molar-refractivity contribution is 0.324. The highest BCUT2D eigenvalue weighted by Crippen LogP contribution is 2.33. The standard InChI is InChI=1S/C19H27N3O3S/c1-13-9-17(25-6)18(10-14(13)2)26(23,24)21-8-7-16-15(12-21)11-20-22(16)19(3,4)5/h9-11H,7-8,12H2,1-6H3. The van der Waals surface area contributed by atoms with Crippen molar-refractivity contribution < 1.29 is 13.2 Å². The molecule has 1 aliphatic rings. The van der Waals surface area contributed by atoms with E-state index in [1.54, 1.807) is 18.3 Å². The van der Waals surface area contributed by atoms with Gasteiger partial charge in [0.05, 0.1) is 18.8 Å². The van der Waals surface area contributed by atoms with E-state index in [2.05, 4.69) is 25.9 Å². The largest absolute Gasteiger partial charge is 0.495 e. The number of hydrogen-bond donors (Lipinski definition) is 0. The maximum atomic E-state index is 13.3. The average Bonchev–Trinajstić information content (AvgIpc) is 3.00. The summed E-state index contributed by atoms with van der Waals surface area (Å²) in [6, 6.07) is 3.49. The van der Waals surface area contributed by atoms with Crippen molar-refractivity contribution in [2.24, 2.45) is 0 Å². The number of aromatic nitrogens is 2.